The van der Waals surface area contributed by atoms with Crippen molar-refractivity contribution in [2.45, 2.75) is 25.3 Å². The van der Waals surface area contributed by atoms with Crippen molar-refractivity contribution in [2.24, 2.45) is 11.7 Å². The van der Waals surface area contributed by atoms with Gasteiger partial charge in [-0.1, -0.05) is 24.1 Å². The summed E-state index contributed by atoms with van der Waals surface area (Å²) < 4.78 is 13.5. The first kappa shape index (κ1) is 9.94. The predicted octanol–water partition coefficient (Wildman–Crippen LogP) is 3.28. The van der Waals surface area contributed by atoms with Crippen molar-refractivity contribution >= 4 is 11.6 Å². The van der Waals surface area contributed by atoms with Crippen LogP contribution in [0.15, 0.2) is 18.2 Å². The van der Waals surface area contributed by atoms with Crippen LogP contribution < -0.4 is 5.73 Å². The third-order valence-corrected chi connectivity index (χ3v) is 3.21. The first-order chi connectivity index (χ1) is 6.68. The summed E-state index contributed by atoms with van der Waals surface area (Å²) in [5, 5.41) is 0.423. The van der Waals surface area contributed by atoms with Crippen molar-refractivity contribution in [3.63, 3.8) is 0 Å². The summed E-state index contributed by atoms with van der Waals surface area (Å²) >= 11 is 5.67. The Hall–Kier alpha value is -0.600. The van der Waals surface area contributed by atoms with Crippen LogP contribution in [-0.2, 0) is 0 Å². The average Bonchev–Trinajstić information content (AvgIpc) is 2.00. The van der Waals surface area contributed by atoms with Crippen molar-refractivity contribution in [3.8, 4) is 0 Å². The molecule has 0 unspecified atom stereocenters. The lowest BCUT2D eigenvalue weighted by molar-refractivity contribution is 0.260. The van der Waals surface area contributed by atoms with Crippen LogP contribution >= 0.6 is 11.6 Å². The molecule has 0 aromatic heterocycles. The van der Waals surface area contributed by atoms with Gasteiger partial charge >= 0.3 is 0 Å². The Morgan fingerprint density at radius 2 is 2.14 bits per heavy atom. The molecule has 1 atom stereocenters. The molecule has 0 heterocycles. The third-order valence-electron chi connectivity index (χ3n) is 2.98. The maximum absolute atomic E-state index is 13.5. The van der Waals surface area contributed by atoms with Crippen LogP contribution in [-0.4, -0.2) is 0 Å². The Morgan fingerprint density at radius 1 is 1.43 bits per heavy atom. The van der Waals surface area contributed by atoms with Gasteiger partial charge in [-0.3, -0.25) is 0 Å². The summed E-state index contributed by atoms with van der Waals surface area (Å²) in [6.45, 7) is 0. The zero-order chi connectivity index (χ0) is 10.1. The Morgan fingerprint density at radius 3 is 2.64 bits per heavy atom. The zero-order valence-corrected chi connectivity index (χ0v) is 8.60. The molecule has 0 spiro atoms. The molecule has 1 saturated carbocycles. The number of rotatable bonds is 2. The second-order valence-electron chi connectivity index (χ2n) is 3.88. The standard InChI is InChI=1S/C11H13ClFN/c12-8-4-5-9(10(13)6-8)11(14)7-2-1-3-7/h4-7,11H,1-3,14H2/t11-/m1/s1. The smallest absolute Gasteiger partial charge is 0.129 e. The lowest BCUT2D eigenvalue weighted by Gasteiger charge is -2.31. The van der Waals surface area contributed by atoms with Crippen LogP contribution in [0.5, 0.6) is 0 Å². The molecule has 0 aliphatic heterocycles. The summed E-state index contributed by atoms with van der Waals surface area (Å²) in [4.78, 5) is 0. The van der Waals surface area contributed by atoms with E-state index < -0.39 is 0 Å². The first-order valence-electron chi connectivity index (χ1n) is 4.89. The van der Waals surface area contributed by atoms with Gasteiger partial charge in [-0.2, -0.15) is 0 Å². The number of halogens is 2. The van der Waals surface area contributed by atoms with Gasteiger partial charge in [-0.25, -0.2) is 4.39 Å². The van der Waals surface area contributed by atoms with Crippen molar-refractivity contribution < 1.29 is 4.39 Å². The maximum atomic E-state index is 13.5. The molecule has 3 heteroatoms. The van der Waals surface area contributed by atoms with Crippen molar-refractivity contribution in [1.82, 2.24) is 0 Å². The SMILES string of the molecule is N[C@@H](c1ccc(Cl)cc1F)C1CCC1. The van der Waals surface area contributed by atoms with E-state index in [9.17, 15) is 4.39 Å². The molecule has 1 aliphatic rings. The molecule has 0 radical (unpaired) electrons. The van der Waals surface area contributed by atoms with Crippen LogP contribution in [0.2, 0.25) is 5.02 Å². The molecule has 1 fully saturated rings. The van der Waals surface area contributed by atoms with E-state index in [4.69, 9.17) is 17.3 Å². The fraction of sp³-hybridized carbons (Fsp3) is 0.455. The highest BCUT2D eigenvalue weighted by atomic mass is 35.5. The van der Waals surface area contributed by atoms with Gasteiger partial charge in [-0.05, 0) is 30.9 Å². The van der Waals surface area contributed by atoms with Gasteiger partial charge in [0.25, 0.3) is 0 Å². The lowest BCUT2D eigenvalue weighted by atomic mass is 9.77. The number of nitrogens with two attached hydrogens (primary N) is 1. The summed E-state index contributed by atoms with van der Waals surface area (Å²) in [6, 6.07) is 4.55. The van der Waals surface area contributed by atoms with Gasteiger partial charge in [0.05, 0.1) is 0 Å². The molecule has 1 aromatic rings. The molecule has 2 N–H and O–H groups in total. The van der Waals surface area contributed by atoms with E-state index in [1.807, 2.05) is 0 Å². The normalized spacial score (nSPS) is 19.1. The minimum absolute atomic E-state index is 0.166. The van der Waals surface area contributed by atoms with Gasteiger partial charge in [-0.15, -0.1) is 0 Å². The van der Waals surface area contributed by atoms with E-state index in [1.165, 1.54) is 12.5 Å². The molecular formula is C11H13ClFN. The fourth-order valence-electron chi connectivity index (χ4n) is 1.82. The minimum Gasteiger partial charge on any atom is -0.324 e. The topological polar surface area (TPSA) is 26.0 Å². The molecule has 14 heavy (non-hydrogen) atoms. The molecule has 0 bridgehead atoms. The third kappa shape index (κ3) is 1.77. The quantitative estimate of drug-likeness (QED) is 0.802. The molecule has 0 saturated heterocycles. The van der Waals surface area contributed by atoms with E-state index in [-0.39, 0.29) is 11.9 Å². The highest BCUT2D eigenvalue weighted by Gasteiger charge is 2.27. The van der Waals surface area contributed by atoms with Gasteiger partial charge in [0.2, 0.25) is 0 Å². The van der Waals surface area contributed by atoms with Gasteiger partial charge in [0, 0.05) is 16.6 Å². The van der Waals surface area contributed by atoms with Crippen molar-refractivity contribution in [2.75, 3.05) is 0 Å². The number of hydrogen-bond acceptors (Lipinski definition) is 1. The second-order valence-corrected chi connectivity index (χ2v) is 4.32. The predicted molar refractivity (Wildman–Crippen MR) is 55.7 cm³/mol. The van der Waals surface area contributed by atoms with E-state index >= 15 is 0 Å². The van der Waals surface area contributed by atoms with Crippen LogP contribution in [0.4, 0.5) is 4.39 Å². The molecular weight excluding hydrogens is 201 g/mol. The molecule has 1 nitrogen and oxygen atoms in total. The Kier molecular flexibility index (Phi) is 2.75. The fourth-order valence-corrected chi connectivity index (χ4v) is 1.98. The Labute approximate surface area is 88.1 Å². The van der Waals surface area contributed by atoms with Crippen LogP contribution in [0.3, 0.4) is 0 Å². The minimum atomic E-state index is -0.281. The van der Waals surface area contributed by atoms with Crippen LogP contribution in [0.25, 0.3) is 0 Å². The van der Waals surface area contributed by atoms with Crippen LogP contribution in [0, 0.1) is 11.7 Å². The highest BCUT2D eigenvalue weighted by molar-refractivity contribution is 6.30. The molecule has 76 valence electrons. The van der Waals surface area contributed by atoms with Gasteiger partial charge in [0.15, 0.2) is 0 Å². The van der Waals surface area contributed by atoms with Crippen molar-refractivity contribution in [3.05, 3.63) is 34.6 Å². The van der Waals surface area contributed by atoms with E-state index in [1.54, 1.807) is 12.1 Å². The molecule has 1 aliphatic carbocycles. The summed E-state index contributed by atoms with van der Waals surface area (Å²) in [7, 11) is 0. The Balaban J connectivity index is 2.22. The van der Waals surface area contributed by atoms with Gasteiger partial charge in [0.1, 0.15) is 5.82 Å². The largest absolute Gasteiger partial charge is 0.324 e. The van der Waals surface area contributed by atoms with E-state index in [0.29, 0.717) is 16.5 Å². The van der Waals surface area contributed by atoms with Gasteiger partial charge < -0.3 is 5.73 Å². The zero-order valence-electron chi connectivity index (χ0n) is 7.84. The monoisotopic (exact) mass is 213 g/mol. The van der Waals surface area contributed by atoms with E-state index in [0.717, 1.165) is 12.8 Å². The molecule has 0 amide bonds. The maximum Gasteiger partial charge on any atom is 0.129 e. The number of hydrogen-bond donors (Lipinski definition) is 1. The highest BCUT2D eigenvalue weighted by Crippen LogP contribution is 2.37. The Bertz CT molecular complexity index is 336. The lowest BCUT2D eigenvalue weighted by Crippen LogP contribution is -2.27. The van der Waals surface area contributed by atoms with E-state index in [2.05, 4.69) is 0 Å². The second kappa shape index (κ2) is 3.87. The van der Waals surface area contributed by atoms with Crippen LogP contribution in [0.1, 0.15) is 30.9 Å². The molecule has 2 rings (SSSR count). The average molecular weight is 214 g/mol. The molecule has 1 aromatic carbocycles. The number of benzene rings is 1. The summed E-state index contributed by atoms with van der Waals surface area (Å²) in [5.41, 5.74) is 6.56. The summed E-state index contributed by atoms with van der Waals surface area (Å²) in [6.07, 6.45) is 3.44. The van der Waals surface area contributed by atoms with Crippen molar-refractivity contribution in [1.29, 1.82) is 0 Å². The summed E-state index contributed by atoms with van der Waals surface area (Å²) in [5.74, 6) is 0.169. The first-order valence-corrected chi connectivity index (χ1v) is 5.27.